The molecule has 4 rings (SSSR count). The fourth-order valence-corrected chi connectivity index (χ4v) is 6.44. The number of likely N-dealkylation sites (N-methyl/N-ethyl adjacent to an activating group) is 1. The number of anilines is 1. The number of imide groups is 1. The molecule has 0 N–H and O–H groups in total. The van der Waals surface area contributed by atoms with E-state index in [4.69, 9.17) is 23.2 Å². The third-order valence-electron chi connectivity index (χ3n) is 7.08. The van der Waals surface area contributed by atoms with Gasteiger partial charge in [-0.05, 0) is 55.4 Å². The van der Waals surface area contributed by atoms with Crippen LogP contribution in [-0.4, -0.2) is 79.5 Å². The summed E-state index contributed by atoms with van der Waals surface area (Å²) < 4.78 is 0. The predicted molar refractivity (Wildman–Crippen MR) is 143 cm³/mol. The first-order valence-electron chi connectivity index (χ1n) is 11.8. The van der Waals surface area contributed by atoms with Crippen molar-refractivity contribution in [3.8, 4) is 6.07 Å². The molecule has 0 radical (unpaired) electrons. The van der Waals surface area contributed by atoms with E-state index < -0.39 is 11.6 Å². The highest BCUT2D eigenvalue weighted by molar-refractivity contribution is 6.35. The molecule has 9 heteroatoms. The molecule has 2 atom stereocenters. The Labute approximate surface area is 222 Å². The number of likely N-dealkylation sites (tertiary alicyclic amines) is 1. The van der Waals surface area contributed by atoms with Gasteiger partial charge in [-0.1, -0.05) is 49.2 Å². The zero-order chi connectivity index (χ0) is 26.4. The van der Waals surface area contributed by atoms with Crippen LogP contribution in [0.1, 0.15) is 30.9 Å². The van der Waals surface area contributed by atoms with E-state index in [0.717, 1.165) is 18.7 Å². The van der Waals surface area contributed by atoms with Crippen LogP contribution in [0.4, 0.5) is 10.5 Å². The summed E-state index contributed by atoms with van der Waals surface area (Å²) in [5.74, 6) is -0.572. The van der Waals surface area contributed by atoms with Crippen molar-refractivity contribution in [2.45, 2.75) is 25.3 Å². The highest BCUT2D eigenvalue weighted by atomic mass is 35.5. The molecule has 0 saturated carbocycles. The van der Waals surface area contributed by atoms with Crippen LogP contribution in [0.2, 0.25) is 10.0 Å². The molecule has 1 spiro atoms. The molecule has 2 aromatic rings. The van der Waals surface area contributed by atoms with Crippen molar-refractivity contribution < 1.29 is 9.59 Å². The number of hydrogen-bond donors (Lipinski definition) is 0. The number of hydrogen-bond acceptors (Lipinski definition) is 5. The van der Waals surface area contributed by atoms with Crippen LogP contribution in [0.3, 0.4) is 0 Å². The van der Waals surface area contributed by atoms with Gasteiger partial charge >= 0.3 is 6.03 Å². The first-order valence-corrected chi connectivity index (χ1v) is 12.6. The Balaban J connectivity index is 1.78. The van der Waals surface area contributed by atoms with Crippen molar-refractivity contribution in [1.29, 1.82) is 5.26 Å². The average molecular weight is 528 g/mol. The molecule has 0 aliphatic carbocycles. The molecule has 2 fully saturated rings. The Morgan fingerprint density at radius 3 is 2.28 bits per heavy atom. The molecule has 3 amide bonds. The summed E-state index contributed by atoms with van der Waals surface area (Å²) in [6.45, 7) is 7.07. The van der Waals surface area contributed by atoms with E-state index in [0.29, 0.717) is 34.4 Å². The zero-order valence-corrected chi connectivity index (χ0v) is 22.8. The third kappa shape index (κ3) is 4.71. The Morgan fingerprint density at radius 2 is 1.72 bits per heavy atom. The number of nitriles is 1. The smallest absolute Gasteiger partial charge is 0.310 e. The fourth-order valence-electron chi connectivity index (χ4n) is 5.92. The summed E-state index contributed by atoms with van der Waals surface area (Å²) in [6.07, 6.45) is 0. The monoisotopic (exact) mass is 527 g/mol. The van der Waals surface area contributed by atoms with Crippen LogP contribution in [0, 0.1) is 16.7 Å². The van der Waals surface area contributed by atoms with E-state index >= 15 is 0 Å². The molecule has 0 aromatic heterocycles. The van der Waals surface area contributed by atoms with Crippen molar-refractivity contribution in [2.24, 2.45) is 5.41 Å². The Hall–Kier alpha value is -2.63. The van der Waals surface area contributed by atoms with Crippen LogP contribution < -0.4 is 4.90 Å². The summed E-state index contributed by atoms with van der Waals surface area (Å²) in [6, 6.07) is 13.8. The topological polar surface area (TPSA) is 70.9 Å². The molecular weight excluding hydrogens is 497 g/mol. The van der Waals surface area contributed by atoms with Crippen LogP contribution in [0.15, 0.2) is 42.5 Å². The predicted octanol–water partition coefficient (Wildman–Crippen LogP) is 4.69. The van der Waals surface area contributed by atoms with E-state index in [1.54, 1.807) is 42.3 Å². The number of benzene rings is 2. The van der Waals surface area contributed by atoms with Crippen LogP contribution in [0.25, 0.3) is 0 Å². The Kier molecular flexibility index (Phi) is 7.11. The zero-order valence-electron chi connectivity index (χ0n) is 21.3. The van der Waals surface area contributed by atoms with Gasteiger partial charge in [0.25, 0.3) is 5.91 Å². The van der Waals surface area contributed by atoms with Crippen molar-refractivity contribution in [1.82, 2.24) is 14.7 Å². The first kappa shape index (κ1) is 26.4. The lowest BCUT2D eigenvalue weighted by molar-refractivity contribution is -0.124. The summed E-state index contributed by atoms with van der Waals surface area (Å²) in [4.78, 5) is 35.1. The lowest BCUT2D eigenvalue weighted by atomic mass is 9.80. The molecule has 7 nitrogen and oxygen atoms in total. The maximum absolute atomic E-state index is 14.3. The SMILES string of the molecule is CN(C)CC(C)(C)CN1CC(c2ccc(C#N)cc2)C2(C1)C(=O)N(c1cc(Cl)cc(Cl)c1)C(=O)N2C. The van der Waals surface area contributed by atoms with E-state index in [9.17, 15) is 14.9 Å². The van der Waals surface area contributed by atoms with Crippen LogP contribution in [-0.2, 0) is 4.79 Å². The molecule has 0 bridgehead atoms. The van der Waals surface area contributed by atoms with E-state index in [-0.39, 0.29) is 17.2 Å². The van der Waals surface area contributed by atoms with Gasteiger partial charge in [0.1, 0.15) is 5.54 Å². The molecule has 36 heavy (non-hydrogen) atoms. The minimum absolute atomic E-state index is 0.0331. The van der Waals surface area contributed by atoms with Gasteiger partial charge in [-0.25, -0.2) is 9.69 Å². The lowest BCUT2D eigenvalue weighted by Crippen LogP contribution is -2.54. The summed E-state index contributed by atoms with van der Waals surface area (Å²) in [5.41, 5.74) is 0.687. The number of amides is 3. The fraction of sp³-hybridized carbons (Fsp3) is 0.444. The van der Waals surface area contributed by atoms with Crippen molar-refractivity contribution in [3.05, 3.63) is 63.6 Å². The lowest BCUT2D eigenvalue weighted by Gasteiger charge is -2.35. The van der Waals surface area contributed by atoms with Gasteiger partial charge in [-0.2, -0.15) is 5.26 Å². The maximum atomic E-state index is 14.3. The quantitative estimate of drug-likeness (QED) is 0.509. The second kappa shape index (κ2) is 9.68. The van der Waals surface area contributed by atoms with Gasteiger partial charge in [0.15, 0.2) is 0 Å². The number of halogens is 2. The molecule has 190 valence electrons. The number of carbonyl (C=O) groups excluding carboxylic acids is 2. The highest BCUT2D eigenvalue weighted by Crippen LogP contribution is 2.47. The van der Waals surface area contributed by atoms with E-state index in [1.165, 1.54) is 4.90 Å². The molecule has 2 saturated heterocycles. The first-order chi connectivity index (χ1) is 16.9. The van der Waals surface area contributed by atoms with Gasteiger partial charge in [0.2, 0.25) is 0 Å². The molecular formula is C27H31Cl2N5O2. The summed E-state index contributed by atoms with van der Waals surface area (Å²) in [7, 11) is 5.79. The maximum Gasteiger partial charge on any atom is 0.332 e. The van der Waals surface area contributed by atoms with Crippen molar-refractivity contribution in [2.75, 3.05) is 52.2 Å². The van der Waals surface area contributed by atoms with Gasteiger partial charge < -0.3 is 9.80 Å². The minimum Gasteiger partial charge on any atom is -0.310 e. The van der Waals surface area contributed by atoms with Gasteiger partial charge in [0, 0.05) is 49.2 Å². The van der Waals surface area contributed by atoms with Gasteiger partial charge in [-0.15, -0.1) is 0 Å². The van der Waals surface area contributed by atoms with Crippen molar-refractivity contribution >= 4 is 40.8 Å². The molecule has 2 aliphatic rings. The van der Waals surface area contributed by atoms with E-state index in [1.807, 2.05) is 26.2 Å². The number of carbonyl (C=O) groups is 2. The summed E-state index contributed by atoms with van der Waals surface area (Å²) >= 11 is 12.4. The number of urea groups is 1. The van der Waals surface area contributed by atoms with Crippen LogP contribution >= 0.6 is 23.2 Å². The standard InChI is InChI=1S/C27H31Cl2N5O2/c1-26(2,15-31(3)4)16-33-14-23(19-8-6-18(13-30)7-9-19)27(17-33)24(35)34(25(36)32(27)5)22-11-20(28)10-21(29)12-22/h6-12,23H,14-17H2,1-5H3. The Morgan fingerprint density at radius 1 is 1.11 bits per heavy atom. The second-order valence-corrected chi connectivity index (χ2v) is 11.8. The Bertz CT molecular complexity index is 1200. The molecule has 2 aromatic carbocycles. The second-order valence-electron chi connectivity index (χ2n) is 10.9. The number of nitrogens with zero attached hydrogens (tertiary/aromatic N) is 5. The van der Waals surface area contributed by atoms with Gasteiger partial charge in [-0.3, -0.25) is 9.69 Å². The highest BCUT2D eigenvalue weighted by Gasteiger charge is 2.64. The summed E-state index contributed by atoms with van der Waals surface area (Å²) in [5, 5.41) is 9.97. The van der Waals surface area contributed by atoms with Crippen LogP contribution in [0.5, 0.6) is 0 Å². The third-order valence-corrected chi connectivity index (χ3v) is 7.51. The molecule has 2 aliphatic heterocycles. The average Bonchev–Trinajstić information content (AvgIpc) is 3.23. The normalized spacial score (nSPS) is 22.8. The number of rotatable bonds is 6. The molecule has 2 heterocycles. The van der Waals surface area contributed by atoms with Crippen molar-refractivity contribution in [3.63, 3.8) is 0 Å². The van der Waals surface area contributed by atoms with E-state index in [2.05, 4.69) is 29.7 Å². The largest absolute Gasteiger partial charge is 0.332 e. The van der Waals surface area contributed by atoms with Gasteiger partial charge in [0.05, 0.1) is 17.3 Å². The minimum atomic E-state index is -1.10. The molecule has 2 unspecified atom stereocenters.